The Kier molecular flexibility index (Phi) is 6.47. The average Bonchev–Trinajstić information content (AvgIpc) is 2.37. The highest BCUT2D eigenvalue weighted by Gasteiger charge is 2.17. The predicted octanol–water partition coefficient (Wildman–Crippen LogP) is 1.93. The second kappa shape index (κ2) is 8.10. The number of carbonyl (C=O) groups excluding carboxylic acids is 1. The highest BCUT2D eigenvalue weighted by molar-refractivity contribution is 6.00. The van der Waals surface area contributed by atoms with E-state index in [1.165, 1.54) is 12.1 Å². The van der Waals surface area contributed by atoms with E-state index in [2.05, 4.69) is 15.4 Å². The first kappa shape index (κ1) is 16.8. The molecule has 3 N–H and O–H groups in total. The first-order valence-corrected chi connectivity index (χ1v) is 5.84. The number of carboxylic acids is 1. The number of carboxylic acid groups (broad SMARTS) is 1. The molecule has 0 saturated carbocycles. The van der Waals surface area contributed by atoms with Gasteiger partial charge in [-0.3, -0.25) is 0 Å². The van der Waals surface area contributed by atoms with Crippen LogP contribution in [0, 0.1) is 5.82 Å². The number of hydrogen-bond donors (Lipinski definition) is 3. The Morgan fingerprint density at radius 2 is 2.05 bits per heavy atom. The molecule has 0 aliphatic heterocycles. The lowest BCUT2D eigenvalue weighted by Gasteiger charge is -2.10. The van der Waals surface area contributed by atoms with E-state index in [-0.39, 0.29) is 18.8 Å². The van der Waals surface area contributed by atoms with Crippen molar-refractivity contribution in [3.05, 3.63) is 29.6 Å². The molecule has 0 atom stereocenters. The van der Waals surface area contributed by atoms with Gasteiger partial charge in [-0.15, -0.1) is 0 Å². The maximum absolute atomic E-state index is 13.3. The monoisotopic (exact) mass is 306 g/mol. The molecule has 0 aliphatic rings. The number of alkyl halides is 2. The number of ether oxygens (including phenoxy) is 1. The van der Waals surface area contributed by atoms with Crippen molar-refractivity contribution in [1.82, 2.24) is 5.32 Å². The highest BCUT2D eigenvalue weighted by Crippen LogP contribution is 2.18. The largest absolute Gasteiger partial charge is 0.478 e. The molecule has 1 aromatic rings. The van der Waals surface area contributed by atoms with Crippen molar-refractivity contribution in [3.63, 3.8) is 0 Å². The molecule has 0 saturated heterocycles. The minimum Gasteiger partial charge on any atom is -0.478 e. The lowest BCUT2D eigenvalue weighted by molar-refractivity contribution is 0.0194. The van der Waals surface area contributed by atoms with Gasteiger partial charge in [0.15, 0.2) is 0 Å². The normalized spacial score (nSPS) is 10.5. The quantitative estimate of drug-likeness (QED) is 0.672. The van der Waals surface area contributed by atoms with Crippen molar-refractivity contribution in [3.8, 4) is 0 Å². The summed E-state index contributed by atoms with van der Waals surface area (Å²) in [5.41, 5.74) is -0.880. The summed E-state index contributed by atoms with van der Waals surface area (Å²) in [6.07, 6.45) is -2.59. The van der Waals surface area contributed by atoms with Gasteiger partial charge in [0, 0.05) is 6.54 Å². The smallest absolute Gasteiger partial charge is 0.340 e. The summed E-state index contributed by atoms with van der Waals surface area (Å²) in [5, 5.41) is 13.3. The van der Waals surface area contributed by atoms with Crippen LogP contribution in [0.4, 0.5) is 23.7 Å². The van der Waals surface area contributed by atoms with Crippen molar-refractivity contribution >= 4 is 17.7 Å². The molecule has 0 heterocycles. The number of benzene rings is 1. The Labute approximate surface area is 117 Å². The maximum atomic E-state index is 13.3. The van der Waals surface area contributed by atoms with E-state index in [0.29, 0.717) is 0 Å². The molecule has 1 aromatic carbocycles. The molecule has 0 unspecified atom stereocenters. The zero-order valence-corrected chi connectivity index (χ0v) is 10.7. The standard InChI is InChI=1S/C12H13F3N2O4/c13-7-2-1-3-8(10(7)11(18)19)17-12(20)16-4-5-21-6-9(14)15/h1-3,9H,4-6H2,(H,18,19)(H2,16,17,20). The Hall–Kier alpha value is -2.29. The molecule has 0 radical (unpaired) electrons. The Morgan fingerprint density at radius 1 is 1.33 bits per heavy atom. The van der Waals surface area contributed by atoms with Gasteiger partial charge in [-0.05, 0) is 12.1 Å². The summed E-state index contributed by atoms with van der Waals surface area (Å²) in [6, 6.07) is 2.61. The number of carbonyl (C=O) groups is 2. The van der Waals surface area contributed by atoms with E-state index in [9.17, 15) is 22.8 Å². The van der Waals surface area contributed by atoms with Crippen LogP contribution < -0.4 is 10.6 Å². The number of urea groups is 1. The van der Waals surface area contributed by atoms with E-state index in [1.54, 1.807) is 0 Å². The van der Waals surface area contributed by atoms with Crippen molar-refractivity contribution in [2.24, 2.45) is 0 Å². The molecular formula is C12H13F3N2O4. The van der Waals surface area contributed by atoms with Gasteiger partial charge in [0.2, 0.25) is 0 Å². The van der Waals surface area contributed by atoms with Crippen molar-refractivity contribution < 1.29 is 32.6 Å². The van der Waals surface area contributed by atoms with Gasteiger partial charge >= 0.3 is 12.0 Å². The van der Waals surface area contributed by atoms with E-state index in [4.69, 9.17) is 5.11 Å². The third kappa shape index (κ3) is 5.69. The van der Waals surface area contributed by atoms with Gasteiger partial charge in [-0.25, -0.2) is 22.8 Å². The van der Waals surface area contributed by atoms with Crippen molar-refractivity contribution in [2.75, 3.05) is 25.1 Å². The number of aromatic carboxylic acids is 1. The summed E-state index contributed by atoms with van der Waals surface area (Å²) in [6.45, 7) is -0.931. The summed E-state index contributed by atoms with van der Waals surface area (Å²) in [5.74, 6) is -2.51. The molecule has 0 bridgehead atoms. The molecule has 9 heteroatoms. The summed E-state index contributed by atoms with van der Waals surface area (Å²) < 4.78 is 41.4. The fourth-order valence-corrected chi connectivity index (χ4v) is 1.42. The van der Waals surface area contributed by atoms with Gasteiger partial charge in [-0.2, -0.15) is 0 Å². The molecule has 2 amide bonds. The number of halogens is 3. The van der Waals surface area contributed by atoms with E-state index < -0.39 is 36.4 Å². The fraction of sp³-hybridized carbons (Fsp3) is 0.333. The van der Waals surface area contributed by atoms with Crippen LogP contribution in [0.5, 0.6) is 0 Å². The molecule has 0 spiro atoms. The van der Waals surface area contributed by atoms with Crippen LogP contribution in [0.3, 0.4) is 0 Å². The number of hydrogen-bond acceptors (Lipinski definition) is 3. The molecule has 1 rings (SSSR count). The third-order valence-corrected chi connectivity index (χ3v) is 2.25. The van der Waals surface area contributed by atoms with Crippen LogP contribution in [-0.2, 0) is 4.74 Å². The summed E-state index contributed by atoms with van der Waals surface area (Å²) >= 11 is 0. The Balaban J connectivity index is 2.48. The van der Waals surface area contributed by atoms with Gasteiger partial charge in [0.05, 0.1) is 12.3 Å². The number of anilines is 1. The number of rotatable bonds is 7. The van der Waals surface area contributed by atoms with Crippen molar-refractivity contribution in [2.45, 2.75) is 6.43 Å². The molecule has 116 valence electrons. The average molecular weight is 306 g/mol. The van der Waals surface area contributed by atoms with Crippen LogP contribution in [0.25, 0.3) is 0 Å². The van der Waals surface area contributed by atoms with Gasteiger partial charge in [0.25, 0.3) is 6.43 Å². The van der Waals surface area contributed by atoms with Crippen LogP contribution in [0.2, 0.25) is 0 Å². The molecule has 0 aliphatic carbocycles. The number of nitrogens with one attached hydrogen (secondary N) is 2. The molecule has 0 fully saturated rings. The molecule has 21 heavy (non-hydrogen) atoms. The fourth-order valence-electron chi connectivity index (χ4n) is 1.42. The van der Waals surface area contributed by atoms with Crippen LogP contribution in [-0.4, -0.2) is 43.3 Å². The maximum Gasteiger partial charge on any atom is 0.340 e. The summed E-state index contributed by atoms with van der Waals surface area (Å²) in [4.78, 5) is 22.3. The lowest BCUT2D eigenvalue weighted by Crippen LogP contribution is -2.32. The predicted molar refractivity (Wildman–Crippen MR) is 67.2 cm³/mol. The minimum absolute atomic E-state index is 0.0593. The van der Waals surface area contributed by atoms with Gasteiger partial charge in [0.1, 0.15) is 18.0 Å². The Morgan fingerprint density at radius 3 is 2.67 bits per heavy atom. The van der Waals surface area contributed by atoms with Crippen LogP contribution in [0.1, 0.15) is 10.4 Å². The molecular weight excluding hydrogens is 293 g/mol. The SMILES string of the molecule is O=C(NCCOCC(F)F)Nc1cccc(F)c1C(=O)O. The molecule has 0 aromatic heterocycles. The van der Waals surface area contributed by atoms with E-state index in [0.717, 1.165) is 6.07 Å². The first-order chi connectivity index (χ1) is 9.91. The number of amides is 2. The second-order valence-corrected chi connectivity index (χ2v) is 3.81. The Bertz CT molecular complexity index is 511. The lowest BCUT2D eigenvalue weighted by atomic mass is 10.1. The zero-order valence-electron chi connectivity index (χ0n) is 10.7. The third-order valence-electron chi connectivity index (χ3n) is 2.25. The van der Waals surface area contributed by atoms with Gasteiger partial charge in [-0.1, -0.05) is 6.07 Å². The first-order valence-electron chi connectivity index (χ1n) is 5.84. The van der Waals surface area contributed by atoms with Crippen LogP contribution >= 0.6 is 0 Å². The highest BCUT2D eigenvalue weighted by atomic mass is 19.3. The summed E-state index contributed by atoms with van der Waals surface area (Å²) in [7, 11) is 0. The van der Waals surface area contributed by atoms with E-state index in [1.807, 2.05) is 0 Å². The molecule has 6 nitrogen and oxygen atoms in total. The van der Waals surface area contributed by atoms with Crippen LogP contribution in [0.15, 0.2) is 18.2 Å². The minimum atomic E-state index is -2.59. The zero-order chi connectivity index (χ0) is 15.8. The van der Waals surface area contributed by atoms with Crippen molar-refractivity contribution in [1.29, 1.82) is 0 Å². The second-order valence-electron chi connectivity index (χ2n) is 3.81. The van der Waals surface area contributed by atoms with Gasteiger partial charge < -0.3 is 20.5 Å². The topological polar surface area (TPSA) is 87.7 Å². The van der Waals surface area contributed by atoms with E-state index >= 15 is 0 Å².